The Kier molecular flexibility index (Phi) is 5.03. The molecule has 0 radical (unpaired) electrons. The summed E-state index contributed by atoms with van der Waals surface area (Å²) in [6.07, 6.45) is 9.32. The van der Waals surface area contributed by atoms with Gasteiger partial charge in [0.15, 0.2) is 0 Å². The molecule has 0 aromatic rings. The van der Waals surface area contributed by atoms with Crippen molar-refractivity contribution < 1.29 is 4.74 Å². The molecule has 2 aliphatic carbocycles. The summed E-state index contributed by atoms with van der Waals surface area (Å²) in [7, 11) is 0. The summed E-state index contributed by atoms with van der Waals surface area (Å²) >= 11 is 0. The van der Waals surface area contributed by atoms with Gasteiger partial charge in [0, 0.05) is 19.3 Å². The van der Waals surface area contributed by atoms with E-state index < -0.39 is 0 Å². The van der Waals surface area contributed by atoms with Crippen LogP contribution < -0.4 is 5.32 Å². The van der Waals surface area contributed by atoms with Crippen molar-refractivity contribution in [1.29, 1.82) is 5.26 Å². The van der Waals surface area contributed by atoms with Gasteiger partial charge in [0.25, 0.3) is 0 Å². The summed E-state index contributed by atoms with van der Waals surface area (Å²) in [5.41, 5.74) is -0.305. The molecule has 2 fully saturated rings. The zero-order valence-electron chi connectivity index (χ0n) is 11.6. The fourth-order valence-corrected chi connectivity index (χ4v) is 2.37. The molecule has 3 heteroatoms. The molecule has 0 saturated heterocycles. The molecular weight excluding hydrogens is 224 g/mol. The maximum Gasteiger partial charge on any atom is 0.106 e. The molecule has 102 valence electrons. The van der Waals surface area contributed by atoms with Crippen LogP contribution in [-0.2, 0) is 4.74 Å². The highest BCUT2D eigenvalue weighted by Gasteiger charge is 2.34. The van der Waals surface area contributed by atoms with E-state index in [4.69, 9.17) is 4.74 Å². The smallest absolute Gasteiger partial charge is 0.106 e. The van der Waals surface area contributed by atoms with E-state index >= 15 is 0 Å². The third kappa shape index (κ3) is 4.59. The first-order valence-corrected chi connectivity index (χ1v) is 7.55. The van der Waals surface area contributed by atoms with Crippen LogP contribution in [0, 0.1) is 17.2 Å². The zero-order valence-corrected chi connectivity index (χ0v) is 11.6. The van der Waals surface area contributed by atoms with E-state index in [9.17, 15) is 5.26 Å². The highest BCUT2D eigenvalue weighted by Crippen LogP contribution is 2.32. The molecule has 2 aliphatic rings. The maximum absolute atomic E-state index is 9.38. The van der Waals surface area contributed by atoms with Gasteiger partial charge in [-0.15, -0.1) is 0 Å². The van der Waals surface area contributed by atoms with Gasteiger partial charge in [-0.25, -0.2) is 0 Å². The van der Waals surface area contributed by atoms with E-state index in [1.54, 1.807) is 0 Å². The molecule has 2 rings (SSSR count). The molecule has 0 aromatic carbocycles. The van der Waals surface area contributed by atoms with Gasteiger partial charge in [0.2, 0.25) is 0 Å². The van der Waals surface area contributed by atoms with E-state index in [1.165, 1.54) is 32.1 Å². The predicted octanol–water partition coefficient (Wildman–Crippen LogP) is 3.01. The molecule has 0 aromatic heterocycles. The van der Waals surface area contributed by atoms with Crippen molar-refractivity contribution in [3.8, 4) is 6.07 Å². The molecule has 1 atom stereocenters. The van der Waals surface area contributed by atoms with Crippen molar-refractivity contribution in [2.24, 2.45) is 5.92 Å². The number of nitrogens with zero attached hydrogens (tertiary/aromatic N) is 1. The van der Waals surface area contributed by atoms with Crippen LogP contribution in [0.15, 0.2) is 0 Å². The Balaban J connectivity index is 1.57. The average molecular weight is 250 g/mol. The summed E-state index contributed by atoms with van der Waals surface area (Å²) < 4.78 is 5.65. The van der Waals surface area contributed by atoms with Crippen molar-refractivity contribution in [3.63, 3.8) is 0 Å². The van der Waals surface area contributed by atoms with Crippen LogP contribution in [0.3, 0.4) is 0 Å². The number of ether oxygens (including phenoxy) is 1. The van der Waals surface area contributed by atoms with E-state index in [0.717, 1.165) is 38.4 Å². The molecule has 2 saturated carbocycles. The molecule has 0 spiro atoms. The Labute approximate surface area is 111 Å². The van der Waals surface area contributed by atoms with E-state index in [2.05, 4.69) is 18.3 Å². The SMILES string of the molecule is CCC(C#N)(CCCOCCC1CC1)NC1CC1. The third-order valence-electron chi connectivity index (χ3n) is 4.13. The van der Waals surface area contributed by atoms with Crippen LogP contribution in [0.2, 0.25) is 0 Å². The lowest BCUT2D eigenvalue weighted by molar-refractivity contribution is 0.119. The van der Waals surface area contributed by atoms with Crippen molar-refractivity contribution in [3.05, 3.63) is 0 Å². The Morgan fingerprint density at radius 3 is 2.61 bits per heavy atom. The van der Waals surface area contributed by atoms with Gasteiger partial charge in [0.1, 0.15) is 5.54 Å². The number of nitrogens with one attached hydrogen (secondary N) is 1. The van der Waals surface area contributed by atoms with Crippen LogP contribution >= 0.6 is 0 Å². The molecule has 0 heterocycles. The van der Waals surface area contributed by atoms with Crippen LogP contribution in [0.5, 0.6) is 0 Å². The highest BCUT2D eigenvalue weighted by atomic mass is 16.5. The van der Waals surface area contributed by atoms with Gasteiger partial charge in [0.05, 0.1) is 6.07 Å². The molecule has 0 aliphatic heterocycles. The van der Waals surface area contributed by atoms with Gasteiger partial charge >= 0.3 is 0 Å². The summed E-state index contributed by atoms with van der Waals surface area (Å²) in [5, 5.41) is 12.9. The Morgan fingerprint density at radius 1 is 1.28 bits per heavy atom. The maximum atomic E-state index is 9.38. The third-order valence-corrected chi connectivity index (χ3v) is 4.13. The van der Waals surface area contributed by atoms with Gasteiger partial charge in [-0.1, -0.05) is 19.8 Å². The molecule has 1 N–H and O–H groups in total. The second-order valence-electron chi connectivity index (χ2n) is 5.91. The Hall–Kier alpha value is -0.590. The first kappa shape index (κ1) is 13.8. The fraction of sp³-hybridized carbons (Fsp3) is 0.933. The van der Waals surface area contributed by atoms with Crippen LogP contribution in [0.1, 0.15) is 58.3 Å². The second-order valence-corrected chi connectivity index (χ2v) is 5.91. The minimum atomic E-state index is -0.305. The Bertz CT molecular complexity index is 291. The van der Waals surface area contributed by atoms with Crippen LogP contribution in [0.25, 0.3) is 0 Å². The van der Waals surface area contributed by atoms with Crippen molar-refractivity contribution in [2.75, 3.05) is 13.2 Å². The minimum absolute atomic E-state index is 0.305. The monoisotopic (exact) mass is 250 g/mol. The first-order valence-electron chi connectivity index (χ1n) is 7.55. The van der Waals surface area contributed by atoms with Gasteiger partial charge in [-0.2, -0.15) is 5.26 Å². The lowest BCUT2D eigenvalue weighted by Crippen LogP contribution is -2.44. The zero-order chi connectivity index (χ0) is 12.8. The summed E-state index contributed by atoms with van der Waals surface area (Å²) in [6.45, 7) is 3.82. The van der Waals surface area contributed by atoms with Gasteiger partial charge in [-0.05, 0) is 44.4 Å². The van der Waals surface area contributed by atoms with E-state index in [0.29, 0.717) is 6.04 Å². The van der Waals surface area contributed by atoms with E-state index in [1.807, 2.05) is 0 Å². The normalized spacial score (nSPS) is 22.4. The van der Waals surface area contributed by atoms with Crippen LogP contribution in [0.4, 0.5) is 0 Å². The number of hydrogen-bond donors (Lipinski definition) is 1. The molecule has 3 nitrogen and oxygen atoms in total. The molecule has 0 amide bonds. The standard InChI is InChI=1S/C15H26N2O/c1-2-15(12-16,17-14-6-7-14)9-3-10-18-11-8-13-4-5-13/h13-14,17H,2-11H2,1H3. The van der Waals surface area contributed by atoms with Gasteiger partial charge in [-0.3, -0.25) is 5.32 Å². The summed E-state index contributed by atoms with van der Waals surface area (Å²) in [6, 6.07) is 3.09. The molecule has 1 unspecified atom stereocenters. The van der Waals surface area contributed by atoms with Gasteiger partial charge < -0.3 is 4.74 Å². The Morgan fingerprint density at radius 2 is 2.06 bits per heavy atom. The molecule has 0 bridgehead atoms. The number of hydrogen-bond acceptors (Lipinski definition) is 3. The lowest BCUT2D eigenvalue weighted by Gasteiger charge is -2.26. The van der Waals surface area contributed by atoms with E-state index in [-0.39, 0.29) is 5.54 Å². The number of nitriles is 1. The predicted molar refractivity (Wildman–Crippen MR) is 72.2 cm³/mol. The minimum Gasteiger partial charge on any atom is -0.381 e. The van der Waals surface area contributed by atoms with Crippen molar-refractivity contribution in [1.82, 2.24) is 5.32 Å². The van der Waals surface area contributed by atoms with Crippen molar-refractivity contribution >= 4 is 0 Å². The quantitative estimate of drug-likeness (QED) is 0.606. The largest absolute Gasteiger partial charge is 0.381 e. The van der Waals surface area contributed by atoms with Crippen molar-refractivity contribution in [2.45, 2.75) is 69.9 Å². The lowest BCUT2D eigenvalue weighted by atomic mass is 9.92. The number of rotatable bonds is 10. The summed E-state index contributed by atoms with van der Waals surface area (Å²) in [5.74, 6) is 0.954. The fourth-order valence-electron chi connectivity index (χ4n) is 2.37. The highest BCUT2D eigenvalue weighted by molar-refractivity contribution is 5.09. The molecule has 18 heavy (non-hydrogen) atoms. The topological polar surface area (TPSA) is 45.0 Å². The second kappa shape index (κ2) is 6.54. The summed E-state index contributed by atoms with van der Waals surface area (Å²) in [4.78, 5) is 0. The van der Waals surface area contributed by atoms with Crippen LogP contribution in [-0.4, -0.2) is 24.8 Å². The molecular formula is C15H26N2O. The first-order chi connectivity index (χ1) is 8.78. The average Bonchev–Trinajstić information content (AvgIpc) is 3.26.